The van der Waals surface area contributed by atoms with Crippen molar-refractivity contribution in [3.8, 4) is 0 Å². The molecule has 0 aromatic heterocycles. The van der Waals surface area contributed by atoms with E-state index < -0.39 is 18.7 Å². The van der Waals surface area contributed by atoms with Crippen LogP contribution < -0.4 is 0 Å². The van der Waals surface area contributed by atoms with Crippen LogP contribution in [0.25, 0.3) is 0 Å². The van der Waals surface area contributed by atoms with E-state index in [-0.39, 0.29) is 6.61 Å². The van der Waals surface area contributed by atoms with Crippen molar-refractivity contribution in [1.82, 2.24) is 0 Å². The Labute approximate surface area is 245 Å². The Hall–Kier alpha value is -0.160. The molecular formula is C35H71O4. The lowest BCUT2D eigenvalue weighted by molar-refractivity contribution is -0.172. The summed E-state index contributed by atoms with van der Waals surface area (Å²) in [4.78, 5) is 0. The third-order valence-electron chi connectivity index (χ3n) is 7.93. The van der Waals surface area contributed by atoms with E-state index in [4.69, 9.17) is 9.47 Å². The predicted octanol–water partition coefficient (Wildman–Crippen LogP) is 10.8. The quantitative estimate of drug-likeness (QED) is 0.0624. The lowest BCUT2D eigenvalue weighted by atomic mass is 10.0. The molecule has 0 saturated heterocycles. The topological polar surface area (TPSA) is 58.9 Å². The molecule has 0 fully saturated rings. The van der Waals surface area contributed by atoms with Crippen molar-refractivity contribution in [3.63, 3.8) is 0 Å². The Bertz CT molecular complexity index is 444. The highest BCUT2D eigenvalue weighted by molar-refractivity contribution is 4.61. The zero-order chi connectivity index (χ0) is 28.7. The molecule has 0 heterocycles. The molecule has 0 amide bonds. The summed E-state index contributed by atoms with van der Waals surface area (Å²) >= 11 is 0. The van der Waals surface area contributed by atoms with E-state index in [2.05, 4.69) is 20.8 Å². The van der Waals surface area contributed by atoms with Crippen molar-refractivity contribution < 1.29 is 19.7 Å². The summed E-state index contributed by atoms with van der Waals surface area (Å²) < 4.78 is 11.0. The number of rotatable bonds is 33. The van der Waals surface area contributed by atoms with Crippen molar-refractivity contribution in [2.75, 3.05) is 6.61 Å². The van der Waals surface area contributed by atoms with E-state index in [9.17, 15) is 10.2 Å². The molecule has 0 rings (SSSR count). The normalized spacial score (nSPS) is 14.1. The number of unbranched alkanes of at least 4 members (excludes halogenated alkanes) is 24. The van der Waals surface area contributed by atoms with Crippen LogP contribution in [0.5, 0.6) is 0 Å². The molecule has 235 valence electrons. The molecule has 0 saturated carbocycles. The van der Waals surface area contributed by atoms with Crippen LogP contribution >= 0.6 is 0 Å². The minimum absolute atomic E-state index is 0.218. The lowest BCUT2D eigenvalue weighted by Crippen LogP contribution is -2.26. The zero-order valence-electron chi connectivity index (χ0n) is 26.7. The first-order chi connectivity index (χ1) is 19.1. The van der Waals surface area contributed by atoms with E-state index >= 15 is 0 Å². The summed E-state index contributed by atoms with van der Waals surface area (Å²) in [6.07, 6.45) is 33.6. The fraction of sp³-hybridized carbons (Fsp3) is 0.971. The average molecular weight is 556 g/mol. The van der Waals surface area contributed by atoms with Crippen LogP contribution in [0.15, 0.2) is 0 Å². The van der Waals surface area contributed by atoms with Gasteiger partial charge in [-0.3, -0.25) is 0 Å². The van der Waals surface area contributed by atoms with Gasteiger partial charge in [-0.05, 0) is 32.6 Å². The highest BCUT2D eigenvalue weighted by Crippen LogP contribution is 2.16. The first kappa shape index (κ1) is 38.8. The summed E-state index contributed by atoms with van der Waals surface area (Å²) in [5.74, 6) is 0. The molecule has 0 aliphatic heterocycles. The Morgan fingerprint density at radius 1 is 0.436 bits per heavy atom. The minimum atomic E-state index is -0.790. The van der Waals surface area contributed by atoms with Crippen LogP contribution in [-0.2, 0) is 9.47 Å². The number of hydrogen-bond donors (Lipinski definition) is 2. The van der Waals surface area contributed by atoms with E-state index in [0.29, 0.717) is 12.8 Å². The monoisotopic (exact) mass is 556 g/mol. The smallest absolute Gasteiger partial charge is 0.155 e. The molecule has 4 heteroatoms. The van der Waals surface area contributed by atoms with Crippen molar-refractivity contribution in [2.24, 2.45) is 0 Å². The summed E-state index contributed by atoms with van der Waals surface area (Å²) in [5.41, 5.74) is 0. The van der Waals surface area contributed by atoms with Crippen LogP contribution in [0.4, 0.5) is 0 Å². The summed E-state index contributed by atoms with van der Waals surface area (Å²) in [7, 11) is 0. The molecule has 2 N–H and O–H groups in total. The Morgan fingerprint density at radius 3 is 1.05 bits per heavy atom. The van der Waals surface area contributed by atoms with Crippen LogP contribution in [0.2, 0.25) is 0 Å². The first-order valence-corrected chi connectivity index (χ1v) is 17.6. The predicted molar refractivity (Wildman–Crippen MR) is 169 cm³/mol. The Kier molecular flexibility index (Phi) is 32.2. The molecule has 3 unspecified atom stereocenters. The summed E-state index contributed by atoms with van der Waals surface area (Å²) in [6, 6.07) is 0. The van der Waals surface area contributed by atoms with Crippen LogP contribution in [0.1, 0.15) is 194 Å². The maximum Gasteiger partial charge on any atom is 0.155 e. The van der Waals surface area contributed by atoms with Gasteiger partial charge in [0.05, 0.1) is 12.7 Å². The number of ether oxygens (including phenoxy) is 2. The fourth-order valence-electron chi connectivity index (χ4n) is 5.30. The van der Waals surface area contributed by atoms with Gasteiger partial charge in [0, 0.05) is 0 Å². The number of aliphatic hydroxyl groups excluding tert-OH is 2. The van der Waals surface area contributed by atoms with Gasteiger partial charge < -0.3 is 19.7 Å². The maximum atomic E-state index is 10.1. The number of hydrogen-bond acceptors (Lipinski definition) is 4. The van der Waals surface area contributed by atoms with E-state index in [1.807, 2.05) is 0 Å². The summed E-state index contributed by atoms with van der Waals surface area (Å²) in [6.45, 7) is 8.68. The standard InChI is InChI=1S/C35H71O4/c1-4-6-8-10-12-14-16-18-20-22-24-26-28-30-34(36)38-32-33(3)39-35(37)31-29-27-25-23-21-19-17-15-13-11-9-7-5-2/h33-37H,3-32H2,1-2H3. The van der Waals surface area contributed by atoms with Gasteiger partial charge in [0.1, 0.15) is 0 Å². The molecule has 0 aliphatic carbocycles. The van der Waals surface area contributed by atoms with Crippen molar-refractivity contribution in [2.45, 2.75) is 212 Å². The van der Waals surface area contributed by atoms with Crippen molar-refractivity contribution >= 4 is 0 Å². The third kappa shape index (κ3) is 32.2. The largest absolute Gasteiger partial charge is 0.368 e. The van der Waals surface area contributed by atoms with Gasteiger partial charge in [-0.1, -0.05) is 168 Å². The molecule has 4 nitrogen and oxygen atoms in total. The van der Waals surface area contributed by atoms with Gasteiger partial charge in [0.25, 0.3) is 0 Å². The van der Waals surface area contributed by atoms with Crippen molar-refractivity contribution in [1.29, 1.82) is 0 Å². The van der Waals surface area contributed by atoms with E-state index in [0.717, 1.165) is 25.7 Å². The number of aliphatic hydroxyl groups is 2. The molecule has 3 atom stereocenters. The van der Waals surface area contributed by atoms with E-state index in [1.165, 1.54) is 141 Å². The second kappa shape index (κ2) is 32.4. The highest BCUT2D eigenvalue weighted by Gasteiger charge is 2.13. The van der Waals surface area contributed by atoms with Crippen LogP contribution in [-0.4, -0.2) is 35.5 Å². The lowest BCUT2D eigenvalue weighted by Gasteiger charge is -2.20. The van der Waals surface area contributed by atoms with Gasteiger partial charge in [0.15, 0.2) is 12.6 Å². The fourth-order valence-corrected chi connectivity index (χ4v) is 5.30. The second-order valence-electron chi connectivity index (χ2n) is 12.1. The van der Waals surface area contributed by atoms with Gasteiger partial charge in [-0.2, -0.15) is 0 Å². The van der Waals surface area contributed by atoms with Crippen molar-refractivity contribution in [3.05, 3.63) is 6.92 Å². The molecule has 0 bridgehead atoms. The van der Waals surface area contributed by atoms with Crippen LogP contribution in [0.3, 0.4) is 0 Å². The zero-order valence-corrected chi connectivity index (χ0v) is 26.7. The Balaban J connectivity index is 3.39. The van der Waals surface area contributed by atoms with Crippen LogP contribution in [0, 0.1) is 6.92 Å². The SMILES string of the molecule is [CH2]C(COC(O)CCCCCCCCCCCCCCC)OC(O)CCCCCCCCCCCCCCC. The highest BCUT2D eigenvalue weighted by atomic mass is 16.6. The van der Waals surface area contributed by atoms with E-state index in [1.54, 1.807) is 0 Å². The second-order valence-corrected chi connectivity index (χ2v) is 12.1. The third-order valence-corrected chi connectivity index (χ3v) is 7.93. The molecule has 0 spiro atoms. The van der Waals surface area contributed by atoms with Gasteiger partial charge >= 0.3 is 0 Å². The molecule has 0 aromatic rings. The molecule has 0 aliphatic rings. The maximum absolute atomic E-state index is 10.1. The minimum Gasteiger partial charge on any atom is -0.368 e. The molecule has 0 aromatic carbocycles. The Morgan fingerprint density at radius 2 is 0.718 bits per heavy atom. The van der Waals surface area contributed by atoms with Gasteiger partial charge in [-0.25, -0.2) is 0 Å². The molecule has 1 radical (unpaired) electrons. The first-order valence-electron chi connectivity index (χ1n) is 17.6. The summed E-state index contributed by atoms with van der Waals surface area (Å²) in [5, 5.41) is 20.2. The van der Waals surface area contributed by atoms with Gasteiger partial charge in [-0.15, -0.1) is 0 Å². The van der Waals surface area contributed by atoms with Gasteiger partial charge in [0.2, 0.25) is 0 Å². The average Bonchev–Trinajstić information content (AvgIpc) is 2.92. The molecular weight excluding hydrogens is 484 g/mol. The molecule has 39 heavy (non-hydrogen) atoms.